The van der Waals surface area contributed by atoms with Crippen LogP contribution < -0.4 is 19.5 Å². The second-order valence-electron chi connectivity index (χ2n) is 6.07. The summed E-state index contributed by atoms with van der Waals surface area (Å²) in [6.45, 7) is 1.71. The molecular formula is C20H18ClN3O5S. The molecule has 0 unspecified atom stereocenters. The van der Waals surface area contributed by atoms with Gasteiger partial charge in [0, 0.05) is 17.8 Å². The highest BCUT2D eigenvalue weighted by Gasteiger charge is 2.21. The van der Waals surface area contributed by atoms with Crippen LogP contribution in [0.4, 0.5) is 10.6 Å². The summed E-state index contributed by atoms with van der Waals surface area (Å²) in [7, 11) is -2.63. The molecule has 0 spiro atoms. The standard InChI is InChI=1S/C20H18ClN3O5S/c1-13-11-14(29-17-9-5-4-8-16(17)28-2)12-19(22-13)23-20(25)24-30(26,27)18-10-6-3-7-15(18)21/h3-12H,1-2H3,(H2,22,23,24,25). The summed E-state index contributed by atoms with van der Waals surface area (Å²) < 4.78 is 37.7. The summed E-state index contributed by atoms with van der Waals surface area (Å²) >= 11 is 5.91. The molecule has 8 nitrogen and oxygen atoms in total. The normalized spacial score (nSPS) is 10.9. The van der Waals surface area contributed by atoms with Gasteiger partial charge in [-0.2, -0.15) is 0 Å². The molecule has 3 rings (SSSR count). The summed E-state index contributed by atoms with van der Waals surface area (Å²) in [5.41, 5.74) is 0.548. The molecule has 0 radical (unpaired) electrons. The first-order valence-electron chi connectivity index (χ1n) is 8.66. The molecule has 1 aromatic heterocycles. The lowest BCUT2D eigenvalue weighted by molar-refractivity contribution is 0.256. The van der Waals surface area contributed by atoms with Crippen molar-refractivity contribution >= 4 is 33.5 Å². The fourth-order valence-electron chi connectivity index (χ4n) is 2.57. The van der Waals surface area contributed by atoms with E-state index in [1.807, 2.05) is 4.72 Å². The van der Waals surface area contributed by atoms with Crippen LogP contribution in [0.15, 0.2) is 65.6 Å². The van der Waals surface area contributed by atoms with E-state index in [1.165, 1.54) is 31.4 Å². The van der Waals surface area contributed by atoms with E-state index < -0.39 is 16.1 Å². The number of rotatable bonds is 6. The highest BCUT2D eigenvalue weighted by molar-refractivity contribution is 7.90. The molecule has 2 amide bonds. The molecular weight excluding hydrogens is 430 g/mol. The number of anilines is 1. The zero-order valence-corrected chi connectivity index (χ0v) is 17.6. The lowest BCUT2D eigenvalue weighted by Crippen LogP contribution is -2.34. The molecule has 10 heteroatoms. The lowest BCUT2D eigenvalue weighted by atomic mass is 10.3. The number of methoxy groups -OCH3 is 1. The van der Waals surface area contributed by atoms with Gasteiger partial charge in [-0.25, -0.2) is 22.9 Å². The fourth-order valence-corrected chi connectivity index (χ4v) is 4.00. The first-order valence-corrected chi connectivity index (χ1v) is 10.5. The van der Waals surface area contributed by atoms with Crippen LogP contribution >= 0.6 is 11.6 Å². The van der Waals surface area contributed by atoms with Crippen LogP contribution in [0.2, 0.25) is 5.02 Å². The molecule has 0 aliphatic heterocycles. The Kier molecular flexibility index (Phi) is 6.43. The minimum Gasteiger partial charge on any atom is -0.493 e. The van der Waals surface area contributed by atoms with Crippen molar-refractivity contribution < 1.29 is 22.7 Å². The number of nitrogens with one attached hydrogen (secondary N) is 2. The summed E-state index contributed by atoms with van der Waals surface area (Å²) in [6.07, 6.45) is 0. The first-order chi connectivity index (χ1) is 14.3. The first kappa shape index (κ1) is 21.4. The van der Waals surface area contributed by atoms with E-state index in [2.05, 4.69) is 10.3 Å². The third kappa shape index (κ3) is 5.19. The number of hydrogen-bond donors (Lipinski definition) is 2. The SMILES string of the molecule is COc1ccccc1Oc1cc(C)nc(NC(=O)NS(=O)(=O)c2ccccc2Cl)c1. The summed E-state index contributed by atoms with van der Waals surface area (Å²) in [6, 6.07) is 15.0. The molecule has 3 aromatic rings. The number of aryl methyl sites for hydroxylation is 1. The van der Waals surface area contributed by atoms with Gasteiger partial charge in [0.1, 0.15) is 16.5 Å². The predicted molar refractivity (Wildman–Crippen MR) is 113 cm³/mol. The van der Waals surface area contributed by atoms with Gasteiger partial charge < -0.3 is 9.47 Å². The van der Waals surface area contributed by atoms with Crippen molar-refractivity contribution in [2.24, 2.45) is 0 Å². The molecule has 0 saturated heterocycles. The van der Waals surface area contributed by atoms with Crippen molar-refractivity contribution in [3.05, 3.63) is 71.4 Å². The number of sulfonamides is 1. The van der Waals surface area contributed by atoms with Crippen molar-refractivity contribution in [1.82, 2.24) is 9.71 Å². The maximum absolute atomic E-state index is 12.4. The summed E-state index contributed by atoms with van der Waals surface area (Å²) in [5.74, 6) is 1.50. The number of hydrogen-bond acceptors (Lipinski definition) is 6. The molecule has 0 saturated carbocycles. The number of halogens is 1. The molecule has 0 aliphatic rings. The number of para-hydroxylation sites is 2. The van der Waals surface area contributed by atoms with E-state index in [0.717, 1.165) is 0 Å². The van der Waals surface area contributed by atoms with Crippen molar-refractivity contribution in [3.63, 3.8) is 0 Å². The third-order valence-electron chi connectivity index (χ3n) is 3.82. The van der Waals surface area contributed by atoms with Gasteiger partial charge in [-0.15, -0.1) is 0 Å². The Bertz CT molecular complexity index is 1180. The van der Waals surface area contributed by atoms with Crippen molar-refractivity contribution in [3.8, 4) is 17.2 Å². The van der Waals surface area contributed by atoms with Gasteiger partial charge >= 0.3 is 6.03 Å². The van der Waals surface area contributed by atoms with Gasteiger partial charge in [-0.1, -0.05) is 35.9 Å². The van der Waals surface area contributed by atoms with Crippen LogP contribution in [0, 0.1) is 6.92 Å². The van der Waals surface area contributed by atoms with E-state index >= 15 is 0 Å². The van der Waals surface area contributed by atoms with Crippen LogP contribution in [0.3, 0.4) is 0 Å². The molecule has 156 valence electrons. The van der Waals surface area contributed by atoms with Gasteiger partial charge in [0.25, 0.3) is 10.0 Å². The zero-order valence-electron chi connectivity index (χ0n) is 16.0. The van der Waals surface area contributed by atoms with Crippen LogP contribution in [-0.2, 0) is 10.0 Å². The van der Waals surface area contributed by atoms with Gasteiger partial charge in [0.2, 0.25) is 0 Å². The second-order valence-corrected chi connectivity index (χ2v) is 8.13. The number of aromatic nitrogens is 1. The Labute approximate surface area is 178 Å². The molecule has 30 heavy (non-hydrogen) atoms. The fraction of sp³-hybridized carbons (Fsp3) is 0.100. The van der Waals surface area contributed by atoms with E-state index in [1.54, 1.807) is 43.3 Å². The van der Waals surface area contributed by atoms with Gasteiger partial charge in [-0.3, -0.25) is 5.32 Å². The van der Waals surface area contributed by atoms with Crippen molar-refractivity contribution in [2.75, 3.05) is 12.4 Å². The number of carbonyl (C=O) groups is 1. The average Bonchev–Trinajstić information content (AvgIpc) is 2.67. The average molecular weight is 448 g/mol. The number of carbonyl (C=O) groups excluding carboxylic acids is 1. The minimum atomic E-state index is -4.16. The number of benzene rings is 2. The van der Waals surface area contributed by atoms with Gasteiger partial charge in [0.15, 0.2) is 11.5 Å². The quantitative estimate of drug-likeness (QED) is 0.581. The Morgan fingerprint density at radius 1 is 1.03 bits per heavy atom. The molecule has 0 aliphatic carbocycles. The Morgan fingerprint density at radius 2 is 1.70 bits per heavy atom. The summed E-state index contributed by atoms with van der Waals surface area (Å²) in [5, 5.41) is 2.39. The highest BCUT2D eigenvalue weighted by Crippen LogP contribution is 2.32. The number of pyridine rings is 1. The monoisotopic (exact) mass is 447 g/mol. The van der Waals surface area contributed by atoms with Gasteiger partial charge in [-0.05, 0) is 31.2 Å². The van der Waals surface area contributed by atoms with Crippen LogP contribution in [0.25, 0.3) is 0 Å². The maximum Gasteiger partial charge on any atom is 0.334 e. The number of amides is 2. The van der Waals surface area contributed by atoms with Crippen LogP contribution in [-0.4, -0.2) is 26.5 Å². The molecule has 0 atom stereocenters. The van der Waals surface area contributed by atoms with Gasteiger partial charge in [0.05, 0.1) is 12.1 Å². The smallest absolute Gasteiger partial charge is 0.334 e. The Hall–Kier alpha value is -3.30. The predicted octanol–water partition coefficient (Wildman–Crippen LogP) is 4.35. The van der Waals surface area contributed by atoms with Crippen molar-refractivity contribution in [1.29, 1.82) is 0 Å². The molecule has 2 N–H and O–H groups in total. The van der Waals surface area contributed by atoms with E-state index in [4.69, 9.17) is 21.1 Å². The number of ether oxygens (including phenoxy) is 2. The third-order valence-corrected chi connectivity index (χ3v) is 5.65. The molecule has 1 heterocycles. The Morgan fingerprint density at radius 3 is 2.40 bits per heavy atom. The van der Waals surface area contributed by atoms with Crippen LogP contribution in [0.1, 0.15) is 5.69 Å². The second kappa shape index (κ2) is 9.02. The highest BCUT2D eigenvalue weighted by atomic mass is 35.5. The number of nitrogens with zero attached hydrogens (tertiary/aromatic N) is 1. The zero-order chi connectivity index (χ0) is 21.7. The van der Waals surface area contributed by atoms with Crippen molar-refractivity contribution in [2.45, 2.75) is 11.8 Å². The maximum atomic E-state index is 12.4. The molecule has 0 bridgehead atoms. The van der Waals surface area contributed by atoms with E-state index in [0.29, 0.717) is 22.9 Å². The topological polar surface area (TPSA) is 107 Å². The number of urea groups is 1. The molecule has 2 aromatic carbocycles. The van der Waals surface area contributed by atoms with E-state index in [9.17, 15) is 13.2 Å². The largest absolute Gasteiger partial charge is 0.493 e. The van der Waals surface area contributed by atoms with E-state index in [-0.39, 0.29) is 15.7 Å². The summed E-state index contributed by atoms with van der Waals surface area (Å²) in [4.78, 5) is 16.2. The minimum absolute atomic E-state index is 0.000949. The molecule has 0 fully saturated rings. The Balaban J connectivity index is 1.77. The lowest BCUT2D eigenvalue weighted by Gasteiger charge is -2.13. The van der Waals surface area contributed by atoms with Crippen LogP contribution in [0.5, 0.6) is 17.2 Å².